The van der Waals surface area contributed by atoms with Crippen LogP contribution in [-0.2, 0) is 0 Å². The predicted octanol–water partition coefficient (Wildman–Crippen LogP) is 2.17. The van der Waals surface area contributed by atoms with E-state index in [4.69, 9.17) is 0 Å². The third kappa shape index (κ3) is 3.18. The predicted molar refractivity (Wildman–Crippen MR) is 95.7 cm³/mol. The monoisotopic (exact) mass is 337 g/mol. The first-order chi connectivity index (χ1) is 12.0. The Bertz CT molecular complexity index is 901. The van der Waals surface area contributed by atoms with E-state index in [1.54, 1.807) is 18.3 Å². The SMILES string of the molecule is C[C@@]1(O)CCN(c2cc(C(=O)Nc3nc4ccccc4[nH]3)ccn2)C1. The number of amides is 1. The molecule has 1 aliphatic rings. The number of aromatic amines is 1. The lowest BCUT2D eigenvalue weighted by atomic mass is 10.1. The van der Waals surface area contributed by atoms with E-state index in [0.29, 0.717) is 36.8 Å². The summed E-state index contributed by atoms with van der Waals surface area (Å²) in [5.74, 6) is 0.845. The number of aromatic nitrogens is 3. The van der Waals surface area contributed by atoms with Gasteiger partial charge in [0.2, 0.25) is 5.95 Å². The van der Waals surface area contributed by atoms with Gasteiger partial charge < -0.3 is 15.0 Å². The van der Waals surface area contributed by atoms with Crippen LogP contribution in [0.25, 0.3) is 11.0 Å². The molecule has 1 amide bonds. The van der Waals surface area contributed by atoms with Crippen molar-refractivity contribution >= 4 is 28.7 Å². The molecule has 7 heteroatoms. The number of β-amino-alcohol motifs (C(OH)–C–C–N with tert-alkyl or cyclic N) is 1. The van der Waals surface area contributed by atoms with Gasteiger partial charge >= 0.3 is 0 Å². The summed E-state index contributed by atoms with van der Waals surface area (Å²) in [7, 11) is 0. The van der Waals surface area contributed by atoms with Crippen LogP contribution in [0, 0.1) is 0 Å². The van der Waals surface area contributed by atoms with Gasteiger partial charge in [0.25, 0.3) is 5.91 Å². The van der Waals surface area contributed by atoms with Crippen LogP contribution in [0.3, 0.4) is 0 Å². The van der Waals surface area contributed by atoms with Crippen LogP contribution in [0.4, 0.5) is 11.8 Å². The van der Waals surface area contributed by atoms with E-state index in [9.17, 15) is 9.90 Å². The van der Waals surface area contributed by atoms with Crippen molar-refractivity contribution in [3.05, 3.63) is 48.2 Å². The number of pyridine rings is 1. The zero-order valence-corrected chi connectivity index (χ0v) is 13.9. The lowest BCUT2D eigenvalue weighted by Crippen LogP contribution is -2.30. The van der Waals surface area contributed by atoms with Gasteiger partial charge in [0.1, 0.15) is 5.82 Å². The average Bonchev–Trinajstić information content (AvgIpc) is 3.17. The summed E-state index contributed by atoms with van der Waals surface area (Å²) in [6, 6.07) is 11.0. The third-order valence-corrected chi connectivity index (χ3v) is 4.40. The highest BCUT2D eigenvalue weighted by molar-refractivity contribution is 6.04. The molecule has 128 valence electrons. The number of H-pyrrole nitrogens is 1. The number of nitrogens with zero attached hydrogens (tertiary/aromatic N) is 3. The van der Waals surface area contributed by atoms with E-state index in [1.165, 1.54) is 0 Å². The number of anilines is 2. The average molecular weight is 337 g/mol. The number of para-hydroxylation sites is 2. The molecule has 25 heavy (non-hydrogen) atoms. The summed E-state index contributed by atoms with van der Waals surface area (Å²) < 4.78 is 0. The van der Waals surface area contributed by atoms with Crippen molar-refractivity contribution in [3.63, 3.8) is 0 Å². The number of hydrogen-bond donors (Lipinski definition) is 3. The molecule has 4 rings (SSSR count). The Labute approximate surface area is 144 Å². The van der Waals surface area contributed by atoms with Gasteiger partial charge in [-0.2, -0.15) is 0 Å². The highest BCUT2D eigenvalue weighted by Gasteiger charge is 2.32. The Morgan fingerprint density at radius 3 is 2.96 bits per heavy atom. The molecule has 7 nitrogen and oxygen atoms in total. The van der Waals surface area contributed by atoms with Crippen molar-refractivity contribution in [2.45, 2.75) is 18.9 Å². The molecule has 1 saturated heterocycles. The molecule has 0 aliphatic carbocycles. The summed E-state index contributed by atoms with van der Waals surface area (Å²) >= 11 is 0. The second-order valence-electron chi connectivity index (χ2n) is 6.63. The van der Waals surface area contributed by atoms with Crippen LogP contribution in [0.15, 0.2) is 42.6 Å². The molecular formula is C18H19N5O2. The van der Waals surface area contributed by atoms with Gasteiger partial charge in [0, 0.05) is 24.8 Å². The van der Waals surface area contributed by atoms with Crippen LogP contribution >= 0.6 is 0 Å². The van der Waals surface area contributed by atoms with Gasteiger partial charge in [-0.05, 0) is 37.6 Å². The molecule has 0 unspecified atom stereocenters. The zero-order chi connectivity index (χ0) is 17.4. The van der Waals surface area contributed by atoms with Crippen LogP contribution < -0.4 is 10.2 Å². The summed E-state index contributed by atoms with van der Waals surface area (Å²) in [6.45, 7) is 3.04. The van der Waals surface area contributed by atoms with Crippen LogP contribution in [0.1, 0.15) is 23.7 Å². The summed E-state index contributed by atoms with van der Waals surface area (Å²) in [5.41, 5.74) is 1.45. The fourth-order valence-electron chi connectivity index (χ4n) is 3.06. The molecule has 3 heterocycles. The standard InChI is InChI=1S/C18H19N5O2/c1-18(25)7-9-23(11-18)15-10-12(6-8-19-15)16(24)22-17-20-13-4-2-3-5-14(13)21-17/h2-6,8,10,25H,7,9,11H2,1H3,(H2,20,21,22,24)/t18-/m1/s1. The molecule has 1 aromatic carbocycles. The molecule has 2 aromatic heterocycles. The highest BCUT2D eigenvalue weighted by atomic mass is 16.3. The van der Waals surface area contributed by atoms with Crippen molar-refractivity contribution in [2.75, 3.05) is 23.3 Å². The van der Waals surface area contributed by atoms with Gasteiger partial charge in [-0.25, -0.2) is 9.97 Å². The molecule has 0 bridgehead atoms. The molecule has 0 radical (unpaired) electrons. The topological polar surface area (TPSA) is 94.1 Å². The Kier molecular flexibility index (Phi) is 3.65. The molecule has 1 aliphatic heterocycles. The lowest BCUT2D eigenvalue weighted by Gasteiger charge is -2.20. The zero-order valence-electron chi connectivity index (χ0n) is 13.9. The summed E-state index contributed by atoms with van der Waals surface area (Å²) in [6.07, 6.45) is 2.29. The van der Waals surface area contributed by atoms with Crippen molar-refractivity contribution in [1.29, 1.82) is 0 Å². The van der Waals surface area contributed by atoms with E-state index in [0.717, 1.165) is 11.0 Å². The Hall–Kier alpha value is -2.93. The number of carbonyl (C=O) groups is 1. The molecule has 3 N–H and O–H groups in total. The molecule has 1 fully saturated rings. The number of imidazole rings is 1. The smallest absolute Gasteiger partial charge is 0.258 e. The second-order valence-corrected chi connectivity index (χ2v) is 6.63. The highest BCUT2D eigenvalue weighted by Crippen LogP contribution is 2.25. The minimum absolute atomic E-state index is 0.256. The Morgan fingerprint density at radius 2 is 2.20 bits per heavy atom. The van der Waals surface area contributed by atoms with Gasteiger partial charge in [-0.3, -0.25) is 10.1 Å². The quantitative estimate of drug-likeness (QED) is 0.681. The van der Waals surface area contributed by atoms with E-state index in [1.807, 2.05) is 36.1 Å². The first-order valence-corrected chi connectivity index (χ1v) is 8.20. The van der Waals surface area contributed by atoms with Crippen molar-refractivity contribution in [3.8, 4) is 0 Å². The van der Waals surface area contributed by atoms with Crippen molar-refractivity contribution in [1.82, 2.24) is 15.0 Å². The number of rotatable bonds is 3. The van der Waals surface area contributed by atoms with Gasteiger partial charge in [0.05, 0.1) is 16.6 Å². The molecule has 0 spiro atoms. The maximum absolute atomic E-state index is 12.5. The first-order valence-electron chi connectivity index (χ1n) is 8.20. The fourth-order valence-corrected chi connectivity index (χ4v) is 3.06. The summed E-state index contributed by atoms with van der Waals surface area (Å²) in [4.78, 5) is 26.3. The number of carbonyl (C=O) groups excluding carboxylic acids is 1. The van der Waals surface area contributed by atoms with E-state index < -0.39 is 5.60 Å². The van der Waals surface area contributed by atoms with E-state index in [2.05, 4.69) is 20.3 Å². The van der Waals surface area contributed by atoms with Gasteiger partial charge in [-0.15, -0.1) is 0 Å². The lowest BCUT2D eigenvalue weighted by molar-refractivity contribution is 0.0839. The van der Waals surface area contributed by atoms with Crippen LogP contribution in [0.2, 0.25) is 0 Å². The maximum Gasteiger partial charge on any atom is 0.258 e. The molecule has 1 atom stereocenters. The van der Waals surface area contributed by atoms with Crippen LogP contribution in [-0.4, -0.2) is 44.7 Å². The number of aliphatic hydroxyl groups is 1. The normalized spacial score (nSPS) is 20.2. The number of benzene rings is 1. The molecule has 3 aromatic rings. The van der Waals surface area contributed by atoms with Crippen molar-refractivity contribution in [2.24, 2.45) is 0 Å². The summed E-state index contributed by atoms with van der Waals surface area (Å²) in [5, 5.41) is 12.9. The maximum atomic E-state index is 12.5. The van der Waals surface area contributed by atoms with Gasteiger partial charge in [-0.1, -0.05) is 12.1 Å². The Balaban J connectivity index is 1.53. The molecule has 0 saturated carbocycles. The fraction of sp³-hybridized carbons (Fsp3) is 0.278. The minimum Gasteiger partial charge on any atom is -0.388 e. The van der Waals surface area contributed by atoms with Crippen molar-refractivity contribution < 1.29 is 9.90 Å². The van der Waals surface area contributed by atoms with E-state index in [-0.39, 0.29) is 5.91 Å². The second kappa shape index (κ2) is 5.86. The largest absolute Gasteiger partial charge is 0.388 e. The first kappa shape index (κ1) is 15.6. The van der Waals surface area contributed by atoms with E-state index >= 15 is 0 Å². The third-order valence-electron chi connectivity index (χ3n) is 4.40. The number of hydrogen-bond acceptors (Lipinski definition) is 5. The number of nitrogens with one attached hydrogen (secondary N) is 2. The minimum atomic E-state index is -0.714. The number of fused-ring (bicyclic) bond motifs is 1. The van der Waals surface area contributed by atoms with Crippen LogP contribution in [0.5, 0.6) is 0 Å². The Morgan fingerprint density at radius 1 is 1.36 bits per heavy atom. The van der Waals surface area contributed by atoms with Gasteiger partial charge in [0.15, 0.2) is 0 Å². The molecular weight excluding hydrogens is 318 g/mol.